The maximum absolute atomic E-state index is 14.3. The summed E-state index contributed by atoms with van der Waals surface area (Å²) in [4.78, 5) is 220. The maximum atomic E-state index is 14.3. The van der Waals surface area contributed by atoms with E-state index >= 15 is 0 Å². The highest BCUT2D eigenvalue weighted by Crippen LogP contribution is 2.32. The molecule has 2 aliphatic carbocycles. The second-order valence-electron chi connectivity index (χ2n) is 34.6. The summed E-state index contributed by atoms with van der Waals surface area (Å²) < 4.78 is 0. The molecule has 4 aromatic heterocycles. The standard InChI is InChI=1S/C52H69N11O7S.C51H67N9O7S.CH4/c1-4-24-60(33-47(66)59-46(36-71-3)37(2)64)50(69)34-62(27-21-41-30-58-45-15-8-7-14-44(41)45)48(67)19-18-42(65)32-61(25-10-23-57-52(53)54)51(70)35-63(49(68)31-56-29-38-11-9-22-55-28-38)26-20-40-17-16-39-12-5-6-13-43(39)40;1-4-24-57(33-47(63)56-46(36-68-3)37(2)61)50(66)34-59(27-21-41-30-55-45-15-8-7-14-44(41)45)48(64)19-18-42(62)32-58(25-10-22-52)51(67)35-60(49(65)31-54-29-38-11-9-23-53-28-38)26-20-40-17-16-39-12-5-6-13-43(39)40;/h5-9,11-15,17,22,28,30,46,56,58H,4,10,16,18-21,23-27,29,31-36H2,1-3H3,(H,59,66)(H4,53,54,57);5-9,11-15,17,23,28,30,46,54-55H,4,10,16,18-22,24-27,29,31-36,52H2,1-3H3,(H,56,63);1H4/t2*46-;/m00./s1. The number of H-pyrrole nitrogens is 2. The molecule has 0 saturated heterocycles. The van der Waals surface area contributed by atoms with Crippen molar-refractivity contribution in [2.75, 3.05) is 155 Å². The van der Waals surface area contributed by atoms with Crippen LogP contribution in [0.2, 0.25) is 0 Å². The molecule has 0 saturated carbocycles. The quantitative estimate of drug-likeness (QED) is 0.0101. The summed E-state index contributed by atoms with van der Waals surface area (Å²) in [6.07, 6.45) is 22.9. The SMILES string of the molecule is C.CCCN(CC(=O)N[C@@H](CSC)C(C)=O)C(=O)CN(CCc1c[nH]c2ccccc12)C(=O)CCC(=O)CN(CCCN)C(=O)CN(CCC1=CCc2ccccc21)C(=O)CNCc1cccnc1.CCCN(CC(=O)N[C@@H](CSC)C(C)=O)C(=O)CN(CCc1c[nH]c2ccccc12)C(=O)CCC(=O)CN(CCCN=C(N)N)C(=O)CN(CCC1=CCc2ccccc21)C(=O)CNCc1cccnc1. The van der Waals surface area contributed by atoms with Gasteiger partial charge in [-0.3, -0.25) is 82.1 Å². The summed E-state index contributed by atoms with van der Waals surface area (Å²) in [5, 5.41) is 13.8. The zero-order valence-corrected chi connectivity index (χ0v) is 82.5. The van der Waals surface area contributed by atoms with Gasteiger partial charge in [0.05, 0.1) is 77.5 Å². The van der Waals surface area contributed by atoms with Crippen LogP contribution >= 0.6 is 23.5 Å². The van der Waals surface area contributed by atoms with Crippen molar-refractivity contribution < 1.29 is 67.1 Å². The average molecular weight is 1960 g/mol. The number of Topliss-reactive ketones (excluding diaryl/α,β-unsaturated/α-hetero) is 4. The van der Waals surface area contributed by atoms with Crippen LogP contribution in [-0.2, 0) is 106 Å². The van der Waals surface area contributed by atoms with Crippen molar-refractivity contribution in [1.82, 2.24) is 80.4 Å². The molecule has 34 nitrogen and oxygen atoms in total. The van der Waals surface area contributed by atoms with Crippen LogP contribution in [-0.4, -0.2) is 314 Å². The van der Waals surface area contributed by atoms with Crippen molar-refractivity contribution in [3.05, 3.63) is 215 Å². The number of amides is 10. The van der Waals surface area contributed by atoms with Gasteiger partial charge >= 0.3 is 0 Å². The van der Waals surface area contributed by atoms with Gasteiger partial charge in [-0.2, -0.15) is 23.5 Å². The Balaban J connectivity index is 0.000000341. The number of allylic oxidation sites excluding steroid dienone is 2. The highest BCUT2D eigenvalue weighted by atomic mass is 32.2. The van der Waals surface area contributed by atoms with Crippen LogP contribution in [0.25, 0.3) is 33.0 Å². The van der Waals surface area contributed by atoms with Crippen molar-refractivity contribution in [1.29, 1.82) is 0 Å². The molecule has 4 aromatic carbocycles. The van der Waals surface area contributed by atoms with Crippen LogP contribution in [0.4, 0.5) is 0 Å². The molecular formula is C104H140N20O14S2. The minimum absolute atomic E-state index is 0. The molecule has 752 valence electrons. The third kappa shape index (κ3) is 37.0. The van der Waals surface area contributed by atoms with Gasteiger partial charge in [0.2, 0.25) is 59.1 Å². The maximum Gasteiger partial charge on any atom is 0.242 e. The molecule has 0 unspecified atom stereocenters. The molecule has 12 N–H and O–H groups in total. The van der Waals surface area contributed by atoms with E-state index in [-0.39, 0.29) is 199 Å². The number of hydrogen-bond donors (Lipinski definition) is 9. The molecule has 10 amide bonds. The number of guanidine groups is 1. The third-order valence-corrected chi connectivity index (χ3v) is 25.4. The number of nitrogens with zero attached hydrogens (tertiary/aromatic N) is 11. The molecule has 36 heteroatoms. The number of pyridine rings is 2. The number of rotatable bonds is 61. The van der Waals surface area contributed by atoms with Crippen molar-refractivity contribution in [2.45, 2.75) is 150 Å². The van der Waals surface area contributed by atoms with E-state index in [1.165, 1.54) is 87.7 Å². The molecule has 4 heterocycles. The van der Waals surface area contributed by atoms with E-state index < -0.39 is 65.1 Å². The van der Waals surface area contributed by atoms with E-state index in [1.807, 2.05) is 136 Å². The highest BCUT2D eigenvalue weighted by Gasteiger charge is 2.32. The van der Waals surface area contributed by atoms with E-state index in [0.717, 1.165) is 79.2 Å². The summed E-state index contributed by atoms with van der Waals surface area (Å²) in [6.45, 7) is 7.04. The first-order valence-corrected chi connectivity index (χ1v) is 50.4. The van der Waals surface area contributed by atoms with Crippen LogP contribution in [0.1, 0.15) is 144 Å². The van der Waals surface area contributed by atoms with E-state index in [2.05, 4.69) is 82.6 Å². The van der Waals surface area contributed by atoms with Crippen molar-refractivity contribution in [2.24, 2.45) is 22.2 Å². The summed E-state index contributed by atoms with van der Waals surface area (Å²) in [6, 6.07) is 37.8. The van der Waals surface area contributed by atoms with E-state index in [0.29, 0.717) is 76.0 Å². The van der Waals surface area contributed by atoms with Gasteiger partial charge in [0.25, 0.3) is 0 Å². The number of aromatic nitrogens is 4. The monoisotopic (exact) mass is 1960 g/mol. The molecule has 0 spiro atoms. The largest absolute Gasteiger partial charge is 0.370 e. The predicted octanol–water partition coefficient (Wildman–Crippen LogP) is 7.52. The Morgan fingerprint density at radius 3 is 1.18 bits per heavy atom. The van der Waals surface area contributed by atoms with Crippen molar-refractivity contribution >= 4 is 145 Å². The molecule has 2 aliphatic rings. The average Bonchev–Trinajstić information content (AvgIpc) is 1.70. The Bertz CT molecular complexity index is 5550. The first kappa shape index (κ1) is 112. The Hall–Kier alpha value is -13.0. The fourth-order valence-corrected chi connectivity index (χ4v) is 17.8. The summed E-state index contributed by atoms with van der Waals surface area (Å²) in [5.41, 5.74) is 29.4. The number of benzene rings is 4. The molecular weight excluding hydrogens is 1820 g/mol. The minimum Gasteiger partial charge on any atom is -0.370 e. The van der Waals surface area contributed by atoms with Crippen molar-refractivity contribution in [3.8, 4) is 0 Å². The minimum atomic E-state index is -0.697. The molecule has 10 rings (SSSR count). The van der Waals surface area contributed by atoms with Gasteiger partial charge in [-0.1, -0.05) is 130 Å². The Kier molecular flexibility index (Phi) is 48.2. The lowest BCUT2D eigenvalue weighted by Gasteiger charge is -2.28. The highest BCUT2D eigenvalue weighted by molar-refractivity contribution is 7.98. The smallest absolute Gasteiger partial charge is 0.242 e. The molecule has 2 atom stereocenters. The molecule has 0 aliphatic heterocycles. The number of carbonyl (C=O) groups is 14. The molecule has 8 aromatic rings. The number of nitrogens with two attached hydrogens (primary N) is 3. The number of carbonyl (C=O) groups excluding carboxylic acids is 14. The van der Waals surface area contributed by atoms with Gasteiger partial charge in [-0.15, -0.1) is 0 Å². The number of thioether (sulfide) groups is 2. The lowest BCUT2D eigenvalue weighted by atomic mass is 10.0. The summed E-state index contributed by atoms with van der Waals surface area (Å²) in [7, 11) is 0. The number of fused-ring (bicyclic) bond motifs is 4. The Labute approximate surface area is 829 Å². The van der Waals surface area contributed by atoms with Crippen LogP contribution in [0.5, 0.6) is 0 Å². The number of nitrogens with one attached hydrogen (secondary N) is 6. The first-order valence-electron chi connectivity index (χ1n) is 47.6. The number of hydrogen-bond acceptors (Lipinski definition) is 22. The van der Waals surface area contributed by atoms with Crippen molar-refractivity contribution in [3.63, 3.8) is 0 Å². The first-order chi connectivity index (χ1) is 67.1. The van der Waals surface area contributed by atoms with Crippen LogP contribution in [0.3, 0.4) is 0 Å². The number of para-hydroxylation sites is 2. The zero-order chi connectivity index (χ0) is 100.0. The number of aliphatic imine (C=N–C) groups is 1. The number of ketones is 4. The van der Waals surface area contributed by atoms with E-state index in [1.54, 1.807) is 24.8 Å². The lowest BCUT2D eigenvalue weighted by molar-refractivity contribution is -0.143. The lowest BCUT2D eigenvalue weighted by Crippen LogP contribution is -2.50. The molecule has 0 bridgehead atoms. The third-order valence-electron chi connectivity index (χ3n) is 24.1. The van der Waals surface area contributed by atoms with Gasteiger partial charge in [-0.05, 0) is 177 Å². The second kappa shape index (κ2) is 60.1. The van der Waals surface area contributed by atoms with Gasteiger partial charge in [0, 0.05) is 168 Å². The zero-order valence-electron chi connectivity index (χ0n) is 80.9. The Morgan fingerprint density at radius 2 is 0.800 bits per heavy atom. The van der Waals surface area contributed by atoms with Gasteiger partial charge < -0.3 is 87.6 Å². The van der Waals surface area contributed by atoms with E-state index in [4.69, 9.17) is 17.2 Å². The second-order valence-corrected chi connectivity index (χ2v) is 36.4. The van der Waals surface area contributed by atoms with Crippen LogP contribution in [0, 0.1) is 0 Å². The van der Waals surface area contributed by atoms with Gasteiger partial charge in [0.15, 0.2) is 29.1 Å². The van der Waals surface area contributed by atoms with Gasteiger partial charge in [-0.25, -0.2) is 0 Å². The predicted molar refractivity (Wildman–Crippen MR) is 551 cm³/mol. The topological polar surface area (TPSA) is 461 Å². The Morgan fingerprint density at radius 1 is 0.429 bits per heavy atom. The summed E-state index contributed by atoms with van der Waals surface area (Å²) >= 11 is 2.84. The molecule has 0 fully saturated rings. The normalized spacial score (nSPS) is 12.1. The summed E-state index contributed by atoms with van der Waals surface area (Å²) in [5.74, 6) is -4.61. The molecule has 0 radical (unpaired) electrons. The fourth-order valence-electron chi connectivity index (χ4n) is 16.5. The van der Waals surface area contributed by atoms with E-state index in [9.17, 15) is 67.1 Å². The van der Waals surface area contributed by atoms with Crippen LogP contribution < -0.4 is 38.5 Å². The number of aromatic amines is 2. The fraction of sp³-hybridized carbons (Fsp3) is 0.452. The molecule has 140 heavy (non-hydrogen) atoms. The van der Waals surface area contributed by atoms with Gasteiger partial charge in [0.1, 0.15) is 0 Å². The van der Waals surface area contributed by atoms with Crippen LogP contribution in [0.15, 0.2) is 176 Å².